The van der Waals surface area contributed by atoms with Crippen molar-refractivity contribution in [2.24, 2.45) is 0 Å². The normalized spacial score (nSPS) is 21.2. The van der Waals surface area contributed by atoms with Crippen LogP contribution in [0.4, 0.5) is 0 Å². The van der Waals surface area contributed by atoms with Crippen molar-refractivity contribution in [2.75, 3.05) is 18.1 Å². The number of thioether (sulfide) groups is 1. The van der Waals surface area contributed by atoms with Gasteiger partial charge >= 0.3 is 0 Å². The molecule has 1 saturated heterocycles. The molecule has 1 aromatic rings. The van der Waals surface area contributed by atoms with Gasteiger partial charge < -0.3 is 4.74 Å². The summed E-state index contributed by atoms with van der Waals surface area (Å²) < 4.78 is 5.44. The molecule has 0 amide bonds. The summed E-state index contributed by atoms with van der Waals surface area (Å²) in [6.45, 7) is 0.704. The summed E-state index contributed by atoms with van der Waals surface area (Å²) >= 11 is 1.80. The largest absolute Gasteiger partial charge is 0.369 e. The van der Waals surface area contributed by atoms with Crippen LogP contribution in [0.5, 0.6) is 0 Å². The maximum absolute atomic E-state index is 11.8. The average molecular weight is 222 g/mol. The maximum atomic E-state index is 11.8. The van der Waals surface area contributed by atoms with Crippen molar-refractivity contribution in [1.29, 1.82) is 0 Å². The van der Waals surface area contributed by atoms with Crippen molar-refractivity contribution >= 4 is 17.5 Å². The molecular weight excluding hydrogens is 208 g/mol. The molecule has 0 N–H and O–H groups in total. The van der Waals surface area contributed by atoms with Crippen molar-refractivity contribution in [3.05, 3.63) is 35.9 Å². The zero-order valence-electron chi connectivity index (χ0n) is 8.52. The molecule has 0 saturated carbocycles. The summed E-state index contributed by atoms with van der Waals surface area (Å²) in [6.07, 6.45) is 0.301. The van der Waals surface area contributed by atoms with Gasteiger partial charge in [0, 0.05) is 17.9 Å². The van der Waals surface area contributed by atoms with Gasteiger partial charge in [-0.3, -0.25) is 4.79 Å². The Bertz CT molecular complexity index is 318. The highest BCUT2D eigenvalue weighted by molar-refractivity contribution is 7.99. The Balaban J connectivity index is 1.91. The minimum Gasteiger partial charge on any atom is -0.369 e. The molecule has 1 heterocycles. The Hall–Kier alpha value is -0.800. The van der Waals surface area contributed by atoms with E-state index in [-0.39, 0.29) is 11.9 Å². The monoisotopic (exact) mass is 222 g/mol. The third-order valence-electron chi connectivity index (χ3n) is 2.40. The van der Waals surface area contributed by atoms with E-state index in [0.29, 0.717) is 13.0 Å². The molecule has 1 aromatic carbocycles. The quantitative estimate of drug-likeness (QED) is 0.781. The van der Waals surface area contributed by atoms with E-state index >= 15 is 0 Å². The SMILES string of the molecule is O=C(Cc1ccccc1)C1CSCCO1. The second-order valence-corrected chi connectivity index (χ2v) is 4.71. The second kappa shape index (κ2) is 5.33. The molecule has 0 bridgehead atoms. The van der Waals surface area contributed by atoms with Crippen LogP contribution in [0.3, 0.4) is 0 Å². The standard InChI is InChI=1S/C12H14O2S/c13-11(12-9-15-7-6-14-12)8-10-4-2-1-3-5-10/h1-5,12H,6-9H2. The highest BCUT2D eigenvalue weighted by atomic mass is 32.2. The molecule has 2 rings (SSSR count). The van der Waals surface area contributed by atoms with Gasteiger partial charge in [0.1, 0.15) is 6.10 Å². The molecule has 1 atom stereocenters. The molecule has 1 unspecified atom stereocenters. The summed E-state index contributed by atoms with van der Waals surface area (Å²) in [7, 11) is 0. The summed E-state index contributed by atoms with van der Waals surface area (Å²) in [5.74, 6) is 2.02. The lowest BCUT2D eigenvalue weighted by Crippen LogP contribution is -2.32. The molecule has 0 aliphatic carbocycles. The van der Waals surface area contributed by atoms with Gasteiger partial charge in [-0.05, 0) is 5.56 Å². The van der Waals surface area contributed by atoms with Gasteiger partial charge in [-0.15, -0.1) is 0 Å². The predicted molar refractivity (Wildman–Crippen MR) is 62.2 cm³/mol. The fourth-order valence-corrected chi connectivity index (χ4v) is 2.46. The zero-order valence-corrected chi connectivity index (χ0v) is 9.33. The first-order valence-corrected chi connectivity index (χ1v) is 6.28. The molecule has 80 valence electrons. The topological polar surface area (TPSA) is 26.3 Å². The van der Waals surface area contributed by atoms with E-state index in [1.165, 1.54) is 0 Å². The fourth-order valence-electron chi connectivity index (χ4n) is 1.58. The zero-order chi connectivity index (χ0) is 10.5. The van der Waals surface area contributed by atoms with Crippen LogP contribution < -0.4 is 0 Å². The highest BCUT2D eigenvalue weighted by Gasteiger charge is 2.21. The minimum absolute atomic E-state index is 0.191. The van der Waals surface area contributed by atoms with Crippen molar-refractivity contribution in [3.63, 3.8) is 0 Å². The first-order chi connectivity index (χ1) is 7.36. The molecule has 1 fully saturated rings. The van der Waals surface area contributed by atoms with Crippen LogP contribution in [0, 0.1) is 0 Å². The second-order valence-electron chi connectivity index (χ2n) is 3.56. The lowest BCUT2D eigenvalue weighted by Gasteiger charge is -2.20. The van der Waals surface area contributed by atoms with Gasteiger partial charge in [0.2, 0.25) is 0 Å². The van der Waals surface area contributed by atoms with E-state index in [1.807, 2.05) is 30.3 Å². The van der Waals surface area contributed by atoms with Crippen molar-refractivity contribution < 1.29 is 9.53 Å². The van der Waals surface area contributed by atoms with E-state index in [9.17, 15) is 4.79 Å². The van der Waals surface area contributed by atoms with E-state index in [2.05, 4.69) is 0 Å². The number of hydrogen-bond donors (Lipinski definition) is 0. The first-order valence-electron chi connectivity index (χ1n) is 5.12. The van der Waals surface area contributed by atoms with Gasteiger partial charge in [0.05, 0.1) is 6.61 Å². The number of ether oxygens (including phenoxy) is 1. The molecule has 0 aromatic heterocycles. The third-order valence-corrected chi connectivity index (χ3v) is 3.39. The van der Waals surface area contributed by atoms with Crippen molar-refractivity contribution in [2.45, 2.75) is 12.5 Å². The van der Waals surface area contributed by atoms with Gasteiger partial charge in [-0.25, -0.2) is 0 Å². The summed E-state index contributed by atoms with van der Waals surface area (Å²) in [6, 6.07) is 9.83. The number of ketones is 1. The summed E-state index contributed by atoms with van der Waals surface area (Å²) in [5.41, 5.74) is 1.07. The number of benzene rings is 1. The molecule has 15 heavy (non-hydrogen) atoms. The Morgan fingerprint density at radius 1 is 1.40 bits per heavy atom. The fraction of sp³-hybridized carbons (Fsp3) is 0.417. The maximum Gasteiger partial charge on any atom is 0.166 e. The van der Waals surface area contributed by atoms with Crippen LogP contribution in [0.15, 0.2) is 30.3 Å². The van der Waals surface area contributed by atoms with E-state index in [1.54, 1.807) is 11.8 Å². The van der Waals surface area contributed by atoms with Crippen LogP contribution in [-0.4, -0.2) is 30.0 Å². The lowest BCUT2D eigenvalue weighted by molar-refractivity contribution is -0.128. The van der Waals surface area contributed by atoms with Gasteiger partial charge in [-0.2, -0.15) is 11.8 Å². The predicted octanol–water partition coefficient (Wildman–Crippen LogP) is 1.93. The number of hydrogen-bond acceptors (Lipinski definition) is 3. The highest BCUT2D eigenvalue weighted by Crippen LogP contribution is 2.15. The van der Waals surface area contributed by atoms with Crippen LogP contribution in [0.1, 0.15) is 5.56 Å². The number of rotatable bonds is 3. The average Bonchev–Trinajstić information content (AvgIpc) is 2.31. The van der Waals surface area contributed by atoms with E-state index in [4.69, 9.17) is 4.74 Å². The lowest BCUT2D eigenvalue weighted by atomic mass is 10.1. The van der Waals surface area contributed by atoms with Crippen LogP contribution in [0.2, 0.25) is 0 Å². The summed E-state index contributed by atoms with van der Waals surface area (Å²) in [5, 5.41) is 0. The van der Waals surface area contributed by atoms with E-state index < -0.39 is 0 Å². The smallest absolute Gasteiger partial charge is 0.166 e. The first kappa shape index (κ1) is 10.7. The summed E-state index contributed by atoms with van der Waals surface area (Å²) in [4.78, 5) is 11.8. The molecule has 1 aliphatic heterocycles. The van der Waals surface area contributed by atoms with Crippen LogP contribution in [-0.2, 0) is 16.0 Å². The molecule has 1 aliphatic rings. The Morgan fingerprint density at radius 3 is 2.87 bits per heavy atom. The Labute approximate surface area is 94.0 Å². The minimum atomic E-state index is -0.191. The van der Waals surface area contributed by atoms with Crippen LogP contribution in [0.25, 0.3) is 0 Å². The van der Waals surface area contributed by atoms with Gasteiger partial charge in [0.25, 0.3) is 0 Å². The number of carbonyl (C=O) groups is 1. The molecule has 0 spiro atoms. The van der Waals surface area contributed by atoms with Crippen molar-refractivity contribution in [3.8, 4) is 0 Å². The van der Waals surface area contributed by atoms with Gasteiger partial charge in [0.15, 0.2) is 5.78 Å². The molecular formula is C12H14O2S. The van der Waals surface area contributed by atoms with Crippen LogP contribution >= 0.6 is 11.8 Å². The molecule has 3 heteroatoms. The van der Waals surface area contributed by atoms with Crippen molar-refractivity contribution in [1.82, 2.24) is 0 Å². The Morgan fingerprint density at radius 2 is 2.20 bits per heavy atom. The van der Waals surface area contributed by atoms with E-state index in [0.717, 1.165) is 17.1 Å². The Kier molecular flexibility index (Phi) is 3.80. The number of carbonyl (C=O) groups excluding carboxylic acids is 1. The third kappa shape index (κ3) is 3.08. The molecule has 0 radical (unpaired) electrons. The molecule has 2 nitrogen and oxygen atoms in total. The van der Waals surface area contributed by atoms with Gasteiger partial charge in [-0.1, -0.05) is 30.3 Å². The number of Topliss-reactive ketones (excluding diaryl/α,β-unsaturated/α-hetero) is 1.